The van der Waals surface area contributed by atoms with E-state index in [0.717, 1.165) is 0 Å². The van der Waals surface area contributed by atoms with Crippen LogP contribution in [-0.2, 0) is 0 Å². The average molecular weight is 371 g/mol. The number of rotatable bonds is 5. The number of benzene rings is 2. The second-order valence-corrected chi connectivity index (χ2v) is 6.51. The Balaban J connectivity index is 1.64. The van der Waals surface area contributed by atoms with Gasteiger partial charge in [-0.25, -0.2) is 4.39 Å². The minimum absolute atomic E-state index is 0.00761. The smallest absolute Gasteiger partial charge is 0.253 e. The zero-order valence-electron chi connectivity index (χ0n) is 15.4. The Bertz CT molecular complexity index is 827. The highest BCUT2D eigenvalue weighted by Gasteiger charge is 2.28. The largest absolute Gasteiger partial charge is 0.493 e. The van der Waals surface area contributed by atoms with Crippen molar-refractivity contribution >= 4 is 11.7 Å². The van der Waals surface area contributed by atoms with Crippen molar-refractivity contribution in [3.8, 4) is 11.5 Å². The van der Waals surface area contributed by atoms with E-state index < -0.39 is 0 Å². The van der Waals surface area contributed by atoms with Crippen LogP contribution in [0.5, 0.6) is 11.5 Å². The summed E-state index contributed by atoms with van der Waals surface area (Å²) in [4.78, 5) is 27.1. The SMILES string of the molecule is COc1ccc(C(=O)N2CCC(C(=O)c3ccc(F)cc3)CC2)cc1OC. The molecule has 1 aliphatic heterocycles. The first-order valence-electron chi connectivity index (χ1n) is 8.84. The zero-order valence-corrected chi connectivity index (χ0v) is 15.4. The van der Waals surface area contributed by atoms with Crippen LogP contribution >= 0.6 is 0 Å². The van der Waals surface area contributed by atoms with Gasteiger partial charge in [-0.1, -0.05) is 0 Å². The Morgan fingerprint density at radius 2 is 1.52 bits per heavy atom. The molecule has 0 atom stereocenters. The van der Waals surface area contributed by atoms with Crippen LogP contribution in [0.3, 0.4) is 0 Å². The first-order chi connectivity index (χ1) is 13.0. The molecular weight excluding hydrogens is 349 g/mol. The van der Waals surface area contributed by atoms with Crippen LogP contribution in [0.15, 0.2) is 42.5 Å². The van der Waals surface area contributed by atoms with Gasteiger partial charge in [0.25, 0.3) is 5.91 Å². The number of amides is 1. The van der Waals surface area contributed by atoms with Gasteiger partial charge in [0.15, 0.2) is 17.3 Å². The van der Waals surface area contributed by atoms with Gasteiger partial charge in [-0.3, -0.25) is 9.59 Å². The van der Waals surface area contributed by atoms with Gasteiger partial charge >= 0.3 is 0 Å². The van der Waals surface area contributed by atoms with E-state index in [1.807, 2.05) is 0 Å². The number of carbonyl (C=O) groups is 2. The third-order valence-electron chi connectivity index (χ3n) is 4.91. The molecule has 27 heavy (non-hydrogen) atoms. The Morgan fingerprint density at radius 3 is 2.11 bits per heavy atom. The summed E-state index contributed by atoms with van der Waals surface area (Å²) in [5.41, 5.74) is 1.04. The van der Waals surface area contributed by atoms with E-state index in [1.54, 1.807) is 30.2 Å². The molecule has 1 aliphatic rings. The maximum atomic E-state index is 13.0. The number of likely N-dealkylation sites (tertiary alicyclic amines) is 1. The van der Waals surface area contributed by atoms with Crippen LogP contribution in [0.25, 0.3) is 0 Å². The Morgan fingerprint density at radius 1 is 0.926 bits per heavy atom. The van der Waals surface area contributed by atoms with Crippen molar-refractivity contribution in [2.24, 2.45) is 5.92 Å². The van der Waals surface area contributed by atoms with E-state index in [-0.39, 0.29) is 23.4 Å². The lowest BCUT2D eigenvalue weighted by Gasteiger charge is -2.31. The summed E-state index contributed by atoms with van der Waals surface area (Å²) in [5, 5.41) is 0. The quantitative estimate of drug-likeness (QED) is 0.754. The lowest BCUT2D eigenvalue weighted by atomic mass is 9.88. The molecule has 6 heteroatoms. The van der Waals surface area contributed by atoms with Gasteiger partial charge in [-0.2, -0.15) is 0 Å². The lowest BCUT2D eigenvalue weighted by molar-refractivity contribution is 0.0650. The number of ketones is 1. The second kappa shape index (κ2) is 8.20. The molecular formula is C21H22FNO4. The predicted molar refractivity (Wildman–Crippen MR) is 98.9 cm³/mol. The van der Waals surface area contributed by atoms with Crippen molar-refractivity contribution in [3.63, 3.8) is 0 Å². The number of carbonyl (C=O) groups excluding carboxylic acids is 2. The monoisotopic (exact) mass is 371 g/mol. The number of piperidine rings is 1. The number of nitrogens with zero attached hydrogens (tertiary/aromatic N) is 1. The molecule has 1 saturated heterocycles. The average Bonchev–Trinajstić information content (AvgIpc) is 2.72. The van der Waals surface area contributed by atoms with Crippen LogP contribution in [-0.4, -0.2) is 43.9 Å². The van der Waals surface area contributed by atoms with E-state index >= 15 is 0 Å². The van der Waals surface area contributed by atoms with Gasteiger partial charge < -0.3 is 14.4 Å². The third kappa shape index (κ3) is 4.10. The summed E-state index contributed by atoms with van der Waals surface area (Å²) in [6.07, 6.45) is 1.18. The van der Waals surface area contributed by atoms with Crippen LogP contribution < -0.4 is 9.47 Å². The number of ether oxygens (including phenoxy) is 2. The van der Waals surface area contributed by atoms with Gasteiger partial charge in [0, 0.05) is 30.1 Å². The van der Waals surface area contributed by atoms with Crippen molar-refractivity contribution in [1.29, 1.82) is 0 Å². The number of hydrogen-bond donors (Lipinski definition) is 0. The summed E-state index contributed by atoms with van der Waals surface area (Å²) in [6, 6.07) is 10.7. The standard InChI is InChI=1S/C21H22FNO4/c1-26-18-8-5-16(13-19(18)27-2)21(25)23-11-9-15(10-12-23)20(24)14-3-6-17(22)7-4-14/h3-8,13,15H,9-12H2,1-2H3. The summed E-state index contributed by atoms with van der Waals surface area (Å²) in [5.74, 6) is 0.478. The van der Waals surface area contributed by atoms with E-state index in [2.05, 4.69) is 0 Å². The number of halogens is 1. The Labute approximate surface area is 157 Å². The van der Waals surface area contributed by atoms with E-state index in [9.17, 15) is 14.0 Å². The molecule has 0 spiro atoms. The van der Waals surface area contributed by atoms with Crippen molar-refractivity contribution in [3.05, 3.63) is 59.4 Å². The molecule has 1 heterocycles. The second-order valence-electron chi connectivity index (χ2n) is 6.51. The fourth-order valence-corrected chi connectivity index (χ4v) is 3.35. The topological polar surface area (TPSA) is 55.8 Å². The molecule has 2 aromatic carbocycles. The first kappa shape index (κ1) is 18.9. The maximum Gasteiger partial charge on any atom is 0.253 e. The summed E-state index contributed by atoms with van der Waals surface area (Å²) >= 11 is 0. The van der Waals surface area contributed by atoms with Gasteiger partial charge in [0.1, 0.15) is 5.82 Å². The minimum atomic E-state index is -0.359. The molecule has 0 unspecified atom stereocenters. The summed E-state index contributed by atoms with van der Waals surface area (Å²) in [6.45, 7) is 1.01. The molecule has 0 aromatic heterocycles. The van der Waals surface area contributed by atoms with Crippen LogP contribution in [0.4, 0.5) is 4.39 Å². The lowest BCUT2D eigenvalue weighted by Crippen LogP contribution is -2.40. The van der Waals surface area contributed by atoms with Gasteiger partial charge in [0.2, 0.25) is 0 Å². The highest BCUT2D eigenvalue weighted by Crippen LogP contribution is 2.29. The van der Waals surface area contributed by atoms with Gasteiger partial charge in [-0.05, 0) is 55.3 Å². The van der Waals surface area contributed by atoms with Crippen LogP contribution in [0.2, 0.25) is 0 Å². The summed E-state index contributed by atoms with van der Waals surface area (Å²) < 4.78 is 23.5. The fourth-order valence-electron chi connectivity index (χ4n) is 3.35. The Kier molecular flexibility index (Phi) is 5.74. The van der Waals surface area contributed by atoms with E-state index in [4.69, 9.17) is 9.47 Å². The fraction of sp³-hybridized carbons (Fsp3) is 0.333. The van der Waals surface area contributed by atoms with Crippen molar-refractivity contribution in [2.75, 3.05) is 27.3 Å². The molecule has 3 rings (SSSR count). The third-order valence-corrected chi connectivity index (χ3v) is 4.91. The molecule has 0 N–H and O–H groups in total. The number of methoxy groups -OCH3 is 2. The van der Waals surface area contributed by atoms with Crippen molar-refractivity contribution < 1.29 is 23.5 Å². The molecule has 0 aliphatic carbocycles. The molecule has 5 nitrogen and oxygen atoms in total. The zero-order chi connectivity index (χ0) is 19.4. The van der Waals surface area contributed by atoms with Crippen molar-refractivity contribution in [2.45, 2.75) is 12.8 Å². The van der Waals surface area contributed by atoms with Crippen LogP contribution in [0, 0.1) is 11.7 Å². The predicted octanol–water partition coefficient (Wildman–Crippen LogP) is 3.58. The number of hydrogen-bond acceptors (Lipinski definition) is 4. The molecule has 0 bridgehead atoms. The first-order valence-corrected chi connectivity index (χ1v) is 8.84. The number of Topliss-reactive ketones (excluding diaryl/α,β-unsaturated/α-hetero) is 1. The highest BCUT2D eigenvalue weighted by atomic mass is 19.1. The van der Waals surface area contributed by atoms with E-state index in [1.165, 1.54) is 31.4 Å². The normalized spacial score (nSPS) is 14.7. The molecule has 0 radical (unpaired) electrons. The highest BCUT2D eigenvalue weighted by molar-refractivity contribution is 5.98. The van der Waals surface area contributed by atoms with E-state index in [0.29, 0.717) is 48.6 Å². The molecule has 2 aromatic rings. The van der Waals surface area contributed by atoms with Gasteiger partial charge in [-0.15, -0.1) is 0 Å². The molecule has 1 fully saturated rings. The Hall–Kier alpha value is -2.89. The summed E-state index contributed by atoms with van der Waals surface area (Å²) in [7, 11) is 3.07. The minimum Gasteiger partial charge on any atom is -0.493 e. The van der Waals surface area contributed by atoms with Gasteiger partial charge in [0.05, 0.1) is 14.2 Å². The molecule has 0 saturated carbocycles. The maximum absolute atomic E-state index is 13.0. The van der Waals surface area contributed by atoms with Crippen molar-refractivity contribution in [1.82, 2.24) is 4.90 Å². The van der Waals surface area contributed by atoms with Crippen LogP contribution in [0.1, 0.15) is 33.6 Å². The molecule has 142 valence electrons. The molecule has 1 amide bonds.